The SMILES string of the molecule is COc1ccc(C=O)cc1CSc1nnc(COc2ccccc2Cl)n1-c1ccccc1. The van der Waals surface area contributed by atoms with Gasteiger partial charge in [-0.25, -0.2) is 0 Å². The lowest BCUT2D eigenvalue weighted by atomic mass is 10.1. The van der Waals surface area contributed by atoms with Crippen molar-refractivity contribution in [3.63, 3.8) is 0 Å². The molecule has 0 spiro atoms. The summed E-state index contributed by atoms with van der Waals surface area (Å²) in [4.78, 5) is 11.2. The van der Waals surface area contributed by atoms with Gasteiger partial charge in [-0.15, -0.1) is 10.2 Å². The Kier molecular flexibility index (Phi) is 7.09. The quantitative estimate of drug-likeness (QED) is 0.236. The summed E-state index contributed by atoms with van der Waals surface area (Å²) >= 11 is 7.72. The fourth-order valence-corrected chi connectivity index (χ4v) is 4.29. The first-order valence-electron chi connectivity index (χ1n) is 9.81. The topological polar surface area (TPSA) is 66.2 Å². The number of benzene rings is 3. The second-order valence-electron chi connectivity index (χ2n) is 6.77. The van der Waals surface area contributed by atoms with Gasteiger partial charge in [0.1, 0.15) is 24.4 Å². The number of aldehydes is 1. The van der Waals surface area contributed by atoms with Crippen molar-refractivity contribution in [2.24, 2.45) is 0 Å². The Bertz CT molecular complexity index is 1210. The summed E-state index contributed by atoms with van der Waals surface area (Å²) in [5, 5.41) is 9.99. The van der Waals surface area contributed by atoms with Gasteiger partial charge in [0.2, 0.25) is 0 Å². The van der Waals surface area contributed by atoms with Crippen LogP contribution in [-0.2, 0) is 12.4 Å². The van der Waals surface area contributed by atoms with Crippen LogP contribution in [0, 0.1) is 0 Å². The van der Waals surface area contributed by atoms with Gasteiger partial charge < -0.3 is 9.47 Å². The maximum atomic E-state index is 11.2. The molecule has 0 aliphatic carbocycles. The number of rotatable bonds is 9. The van der Waals surface area contributed by atoms with Crippen LogP contribution in [0.15, 0.2) is 78.0 Å². The number of carbonyl (C=O) groups is 1. The molecule has 0 bridgehead atoms. The fraction of sp³-hybridized carbons (Fsp3) is 0.125. The van der Waals surface area contributed by atoms with Gasteiger partial charge in [0, 0.05) is 22.6 Å². The van der Waals surface area contributed by atoms with Crippen LogP contribution in [0.25, 0.3) is 5.69 Å². The van der Waals surface area contributed by atoms with E-state index in [2.05, 4.69) is 10.2 Å². The minimum atomic E-state index is 0.204. The number of hydrogen-bond acceptors (Lipinski definition) is 6. The van der Waals surface area contributed by atoms with Gasteiger partial charge in [-0.05, 0) is 42.5 Å². The Morgan fingerprint density at radius 3 is 2.53 bits per heavy atom. The highest BCUT2D eigenvalue weighted by Gasteiger charge is 2.17. The average Bonchev–Trinajstić information content (AvgIpc) is 3.25. The van der Waals surface area contributed by atoms with E-state index in [0.29, 0.717) is 33.1 Å². The van der Waals surface area contributed by atoms with E-state index in [1.165, 1.54) is 11.8 Å². The van der Waals surface area contributed by atoms with Crippen LogP contribution in [0.3, 0.4) is 0 Å². The van der Waals surface area contributed by atoms with Gasteiger partial charge >= 0.3 is 0 Å². The molecular formula is C24H20ClN3O3S. The molecule has 0 fully saturated rings. The van der Waals surface area contributed by atoms with E-state index in [1.54, 1.807) is 25.3 Å². The third kappa shape index (κ3) is 4.95. The van der Waals surface area contributed by atoms with Gasteiger partial charge in [0.15, 0.2) is 11.0 Å². The fourth-order valence-electron chi connectivity index (χ4n) is 3.15. The summed E-state index contributed by atoms with van der Waals surface area (Å²) in [6.07, 6.45) is 0.824. The zero-order valence-electron chi connectivity index (χ0n) is 17.3. The Morgan fingerprint density at radius 1 is 1.00 bits per heavy atom. The van der Waals surface area contributed by atoms with E-state index in [9.17, 15) is 4.79 Å². The van der Waals surface area contributed by atoms with Crippen molar-refractivity contribution >= 4 is 29.6 Å². The van der Waals surface area contributed by atoms with Crippen LogP contribution in [0.5, 0.6) is 11.5 Å². The minimum Gasteiger partial charge on any atom is -0.496 e. The highest BCUT2D eigenvalue weighted by atomic mass is 35.5. The maximum Gasteiger partial charge on any atom is 0.196 e. The molecule has 162 valence electrons. The molecule has 0 saturated carbocycles. The smallest absolute Gasteiger partial charge is 0.196 e. The van der Waals surface area contributed by atoms with Crippen LogP contribution < -0.4 is 9.47 Å². The molecule has 0 radical (unpaired) electrons. The molecule has 0 amide bonds. The number of para-hydroxylation sites is 2. The molecule has 0 atom stereocenters. The lowest BCUT2D eigenvalue weighted by molar-refractivity contribution is 0.112. The normalized spacial score (nSPS) is 10.7. The number of halogens is 1. The first-order chi connectivity index (χ1) is 15.7. The molecule has 4 rings (SSSR count). The van der Waals surface area contributed by atoms with E-state index in [1.807, 2.05) is 59.2 Å². The first-order valence-corrected chi connectivity index (χ1v) is 11.2. The van der Waals surface area contributed by atoms with Crippen LogP contribution in [0.2, 0.25) is 5.02 Å². The number of hydrogen-bond donors (Lipinski definition) is 0. The third-order valence-corrected chi connectivity index (χ3v) is 6.00. The molecule has 6 nitrogen and oxygen atoms in total. The summed E-state index contributed by atoms with van der Waals surface area (Å²) in [6, 6.07) is 22.5. The largest absolute Gasteiger partial charge is 0.496 e. The predicted octanol–water partition coefficient (Wildman–Crippen LogP) is 5.61. The number of aromatic nitrogens is 3. The van der Waals surface area contributed by atoms with Gasteiger partial charge in [-0.1, -0.05) is 53.7 Å². The summed E-state index contributed by atoms with van der Waals surface area (Å²) < 4.78 is 13.3. The Balaban J connectivity index is 1.61. The van der Waals surface area contributed by atoms with E-state index < -0.39 is 0 Å². The second kappa shape index (κ2) is 10.3. The van der Waals surface area contributed by atoms with Gasteiger partial charge in [0.25, 0.3) is 0 Å². The third-order valence-electron chi connectivity index (χ3n) is 4.71. The summed E-state index contributed by atoms with van der Waals surface area (Å²) in [5.41, 5.74) is 2.42. The molecule has 3 aromatic carbocycles. The minimum absolute atomic E-state index is 0.204. The number of thioether (sulfide) groups is 1. The molecule has 0 unspecified atom stereocenters. The van der Waals surface area contributed by atoms with Crippen molar-refractivity contribution < 1.29 is 14.3 Å². The van der Waals surface area contributed by atoms with Gasteiger partial charge in [0.05, 0.1) is 12.1 Å². The highest BCUT2D eigenvalue weighted by Crippen LogP contribution is 2.30. The van der Waals surface area contributed by atoms with Crippen LogP contribution in [0.4, 0.5) is 0 Å². The van der Waals surface area contributed by atoms with E-state index in [4.69, 9.17) is 21.1 Å². The molecule has 0 aliphatic heterocycles. The van der Waals surface area contributed by atoms with Gasteiger partial charge in [-0.3, -0.25) is 9.36 Å². The Morgan fingerprint density at radius 2 is 1.78 bits per heavy atom. The first kappa shape index (κ1) is 21.9. The van der Waals surface area contributed by atoms with E-state index in [0.717, 1.165) is 23.3 Å². The summed E-state index contributed by atoms with van der Waals surface area (Å²) in [5.74, 6) is 2.51. The molecule has 0 N–H and O–H groups in total. The lowest BCUT2D eigenvalue weighted by Gasteiger charge is -2.12. The van der Waals surface area contributed by atoms with Crippen LogP contribution in [-0.4, -0.2) is 28.2 Å². The van der Waals surface area contributed by atoms with E-state index in [-0.39, 0.29) is 6.61 Å². The van der Waals surface area contributed by atoms with Gasteiger partial charge in [-0.2, -0.15) is 0 Å². The molecular weight excluding hydrogens is 446 g/mol. The van der Waals surface area contributed by atoms with Crippen molar-refractivity contribution in [3.8, 4) is 17.2 Å². The predicted molar refractivity (Wildman–Crippen MR) is 125 cm³/mol. The number of carbonyl (C=O) groups excluding carboxylic acids is 1. The average molecular weight is 466 g/mol. The molecule has 0 saturated heterocycles. The second-order valence-corrected chi connectivity index (χ2v) is 8.12. The van der Waals surface area contributed by atoms with Crippen LogP contribution in [0.1, 0.15) is 21.7 Å². The van der Waals surface area contributed by atoms with Crippen molar-refractivity contribution in [3.05, 3.63) is 94.8 Å². The Hall–Kier alpha value is -3.29. The lowest BCUT2D eigenvalue weighted by Crippen LogP contribution is -2.07. The van der Waals surface area contributed by atoms with Crippen LogP contribution >= 0.6 is 23.4 Å². The van der Waals surface area contributed by atoms with Crippen molar-refractivity contribution in [1.29, 1.82) is 0 Å². The van der Waals surface area contributed by atoms with Crippen molar-refractivity contribution in [1.82, 2.24) is 14.8 Å². The molecule has 1 aromatic heterocycles. The number of nitrogens with zero attached hydrogens (tertiary/aromatic N) is 3. The number of ether oxygens (including phenoxy) is 2. The number of methoxy groups -OCH3 is 1. The summed E-state index contributed by atoms with van der Waals surface area (Å²) in [6.45, 7) is 0.204. The van der Waals surface area contributed by atoms with Crippen molar-refractivity contribution in [2.75, 3.05) is 7.11 Å². The molecule has 8 heteroatoms. The zero-order valence-corrected chi connectivity index (χ0v) is 18.8. The summed E-state index contributed by atoms with van der Waals surface area (Å²) in [7, 11) is 1.61. The maximum absolute atomic E-state index is 11.2. The molecule has 32 heavy (non-hydrogen) atoms. The molecule has 1 heterocycles. The van der Waals surface area contributed by atoms with Crippen molar-refractivity contribution in [2.45, 2.75) is 17.5 Å². The Labute approximate surface area is 195 Å². The zero-order chi connectivity index (χ0) is 22.3. The molecule has 4 aromatic rings. The van der Waals surface area contributed by atoms with E-state index >= 15 is 0 Å². The molecule has 0 aliphatic rings. The monoisotopic (exact) mass is 465 g/mol. The highest BCUT2D eigenvalue weighted by molar-refractivity contribution is 7.98. The standard InChI is InChI=1S/C24H20ClN3O3S/c1-30-21-12-11-17(14-29)13-18(21)16-32-24-27-26-23(28(24)19-7-3-2-4-8-19)15-31-22-10-6-5-9-20(22)25/h2-14H,15-16H2,1H3.